The van der Waals surface area contributed by atoms with E-state index in [0.29, 0.717) is 18.2 Å². The molecule has 1 aliphatic heterocycles. The molecule has 0 saturated carbocycles. The number of nitrogens with two attached hydrogens (primary N) is 1. The fraction of sp³-hybridized carbons (Fsp3) is 0.571. The SMILES string of the molecule is CC(CNC(=O)c1cccnc1N)N1CCCCC1. The minimum atomic E-state index is -0.144. The van der Waals surface area contributed by atoms with E-state index in [9.17, 15) is 4.79 Å². The minimum Gasteiger partial charge on any atom is -0.383 e. The number of amides is 1. The largest absolute Gasteiger partial charge is 0.383 e. The van der Waals surface area contributed by atoms with Crippen LogP contribution in [-0.2, 0) is 0 Å². The summed E-state index contributed by atoms with van der Waals surface area (Å²) in [5, 5.41) is 2.94. The van der Waals surface area contributed by atoms with E-state index in [4.69, 9.17) is 5.73 Å². The summed E-state index contributed by atoms with van der Waals surface area (Å²) < 4.78 is 0. The summed E-state index contributed by atoms with van der Waals surface area (Å²) in [5.41, 5.74) is 6.14. The zero-order chi connectivity index (χ0) is 13.7. The average Bonchev–Trinajstić information content (AvgIpc) is 2.46. The van der Waals surface area contributed by atoms with Gasteiger partial charge < -0.3 is 11.1 Å². The van der Waals surface area contributed by atoms with Crippen LogP contribution in [0.15, 0.2) is 18.3 Å². The first-order valence-electron chi connectivity index (χ1n) is 6.91. The number of carbonyl (C=O) groups is 1. The fourth-order valence-electron chi connectivity index (χ4n) is 2.43. The lowest BCUT2D eigenvalue weighted by atomic mass is 10.1. The van der Waals surface area contributed by atoms with E-state index >= 15 is 0 Å². The van der Waals surface area contributed by atoms with Crippen LogP contribution >= 0.6 is 0 Å². The van der Waals surface area contributed by atoms with E-state index in [0.717, 1.165) is 13.1 Å². The summed E-state index contributed by atoms with van der Waals surface area (Å²) in [6.45, 7) is 5.06. The van der Waals surface area contributed by atoms with E-state index < -0.39 is 0 Å². The summed E-state index contributed by atoms with van der Waals surface area (Å²) in [4.78, 5) is 18.4. The molecule has 0 spiro atoms. The van der Waals surface area contributed by atoms with Gasteiger partial charge in [-0.3, -0.25) is 9.69 Å². The summed E-state index contributed by atoms with van der Waals surface area (Å²) in [5.74, 6) is 0.139. The van der Waals surface area contributed by atoms with Crippen LogP contribution in [0.25, 0.3) is 0 Å². The predicted molar refractivity (Wildman–Crippen MR) is 75.9 cm³/mol. The number of aromatic nitrogens is 1. The van der Waals surface area contributed by atoms with Crippen LogP contribution < -0.4 is 11.1 Å². The number of piperidine rings is 1. The first-order chi connectivity index (χ1) is 9.18. The second kappa shape index (κ2) is 6.52. The Morgan fingerprint density at radius 3 is 2.89 bits per heavy atom. The van der Waals surface area contributed by atoms with Gasteiger partial charge in [-0.2, -0.15) is 0 Å². The van der Waals surface area contributed by atoms with Crippen molar-refractivity contribution in [2.75, 3.05) is 25.4 Å². The van der Waals surface area contributed by atoms with Gasteiger partial charge in [-0.1, -0.05) is 6.42 Å². The number of hydrogen-bond donors (Lipinski definition) is 2. The maximum Gasteiger partial charge on any atom is 0.255 e. The number of anilines is 1. The molecule has 0 radical (unpaired) electrons. The lowest BCUT2D eigenvalue weighted by molar-refractivity contribution is 0.0930. The van der Waals surface area contributed by atoms with E-state index in [2.05, 4.69) is 22.1 Å². The van der Waals surface area contributed by atoms with Gasteiger partial charge in [-0.05, 0) is 45.0 Å². The molecule has 1 amide bonds. The maximum atomic E-state index is 12.0. The zero-order valence-electron chi connectivity index (χ0n) is 11.4. The first kappa shape index (κ1) is 13.8. The van der Waals surface area contributed by atoms with Gasteiger partial charge in [-0.25, -0.2) is 4.98 Å². The highest BCUT2D eigenvalue weighted by molar-refractivity contribution is 5.98. The van der Waals surface area contributed by atoms with Gasteiger partial charge in [0.2, 0.25) is 0 Å². The van der Waals surface area contributed by atoms with Crippen molar-refractivity contribution in [3.8, 4) is 0 Å². The Hall–Kier alpha value is -1.62. The third-order valence-electron chi connectivity index (χ3n) is 3.66. The molecule has 0 bridgehead atoms. The number of rotatable bonds is 4. The smallest absolute Gasteiger partial charge is 0.255 e. The van der Waals surface area contributed by atoms with Crippen molar-refractivity contribution in [1.29, 1.82) is 0 Å². The molecule has 0 aliphatic carbocycles. The summed E-state index contributed by atoms with van der Waals surface area (Å²) in [6, 6.07) is 3.78. The molecule has 0 aromatic carbocycles. The molecule has 1 unspecified atom stereocenters. The van der Waals surface area contributed by atoms with E-state index in [1.54, 1.807) is 18.3 Å². The molecule has 1 aliphatic rings. The van der Waals surface area contributed by atoms with E-state index in [1.807, 2.05) is 0 Å². The van der Waals surface area contributed by atoms with Crippen molar-refractivity contribution in [2.45, 2.75) is 32.2 Å². The summed E-state index contributed by atoms with van der Waals surface area (Å²) in [7, 11) is 0. The Labute approximate surface area is 114 Å². The van der Waals surface area contributed by atoms with Crippen LogP contribution in [0.2, 0.25) is 0 Å². The molecule has 1 fully saturated rings. The molecule has 5 heteroatoms. The van der Waals surface area contributed by atoms with Gasteiger partial charge in [-0.15, -0.1) is 0 Å². The molecule has 1 atom stereocenters. The van der Waals surface area contributed by atoms with Gasteiger partial charge in [0.15, 0.2) is 0 Å². The Morgan fingerprint density at radius 1 is 1.47 bits per heavy atom. The lowest BCUT2D eigenvalue weighted by Crippen LogP contribution is -2.44. The Bertz CT molecular complexity index is 429. The van der Waals surface area contributed by atoms with Crippen molar-refractivity contribution in [1.82, 2.24) is 15.2 Å². The summed E-state index contributed by atoms with van der Waals surface area (Å²) in [6.07, 6.45) is 5.42. The number of carbonyl (C=O) groups excluding carboxylic acids is 1. The van der Waals surface area contributed by atoms with Crippen molar-refractivity contribution in [2.24, 2.45) is 0 Å². The standard InChI is InChI=1S/C14H22N4O/c1-11(18-8-3-2-4-9-18)10-17-14(19)12-6-5-7-16-13(12)15/h5-7,11H,2-4,8-10H2,1H3,(H2,15,16)(H,17,19). The van der Waals surface area contributed by atoms with Gasteiger partial charge in [0.1, 0.15) is 5.82 Å². The quantitative estimate of drug-likeness (QED) is 0.857. The highest BCUT2D eigenvalue weighted by Gasteiger charge is 2.18. The van der Waals surface area contributed by atoms with Crippen molar-refractivity contribution < 1.29 is 4.79 Å². The van der Waals surface area contributed by atoms with Crippen LogP contribution in [0, 0.1) is 0 Å². The van der Waals surface area contributed by atoms with Crippen molar-refractivity contribution in [3.63, 3.8) is 0 Å². The molecule has 2 heterocycles. The van der Waals surface area contributed by atoms with Crippen LogP contribution in [0.1, 0.15) is 36.5 Å². The van der Waals surface area contributed by atoms with Crippen molar-refractivity contribution >= 4 is 11.7 Å². The monoisotopic (exact) mass is 262 g/mol. The van der Waals surface area contributed by atoms with Crippen LogP contribution in [-0.4, -0.2) is 41.5 Å². The van der Waals surface area contributed by atoms with E-state index in [1.165, 1.54) is 19.3 Å². The van der Waals surface area contributed by atoms with Crippen LogP contribution in [0.5, 0.6) is 0 Å². The highest BCUT2D eigenvalue weighted by atomic mass is 16.1. The normalized spacial score (nSPS) is 17.9. The summed E-state index contributed by atoms with van der Waals surface area (Å²) >= 11 is 0. The minimum absolute atomic E-state index is 0.144. The topological polar surface area (TPSA) is 71.2 Å². The van der Waals surface area contributed by atoms with Gasteiger partial charge >= 0.3 is 0 Å². The second-order valence-electron chi connectivity index (χ2n) is 5.09. The van der Waals surface area contributed by atoms with Gasteiger partial charge in [0.05, 0.1) is 5.56 Å². The molecular weight excluding hydrogens is 240 g/mol. The Morgan fingerprint density at radius 2 is 2.21 bits per heavy atom. The van der Waals surface area contributed by atoms with Crippen LogP contribution in [0.3, 0.4) is 0 Å². The molecule has 104 valence electrons. The molecule has 1 aromatic heterocycles. The van der Waals surface area contributed by atoms with E-state index in [-0.39, 0.29) is 11.7 Å². The lowest BCUT2D eigenvalue weighted by Gasteiger charge is -2.32. The Balaban J connectivity index is 1.84. The predicted octanol–water partition coefficient (Wildman–Crippen LogP) is 1.27. The second-order valence-corrected chi connectivity index (χ2v) is 5.09. The third kappa shape index (κ3) is 3.67. The molecular formula is C14H22N4O. The van der Waals surface area contributed by atoms with Gasteiger partial charge in [0, 0.05) is 18.8 Å². The molecule has 5 nitrogen and oxygen atoms in total. The molecule has 2 rings (SSSR count). The fourth-order valence-corrected chi connectivity index (χ4v) is 2.43. The number of pyridine rings is 1. The molecule has 19 heavy (non-hydrogen) atoms. The van der Waals surface area contributed by atoms with Crippen LogP contribution in [0.4, 0.5) is 5.82 Å². The molecule has 3 N–H and O–H groups in total. The third-order valence-corrected chi connectivity index (χ3v) is 3.66. The number of likely N-dealkylation sites (tertiary alicyclic amines) is 1. The highest BCUT2D eigenvalue weighted by Crippen LogP contribution is 2.12. The maximum absolute atomic E-state index is 12.0. The number of nitrogen functional groups attached to an aromatic ring is 1. The molecule has 1 aromatic rings. The first-order valence-corrected chi connectivity index (χ1v) is 6.91. The van der Waals surface area contributed by atoms with Gasteiger partial charge in [0.25, 0.3) is 5.91 Å². The molecule has 1 saturated heterocycles. The Kier molecular flexibility index (Phi) is 4.74. The van der Waals surface area contributed by atoms with Crippen molar-refractivity contribution in [3.05, 3.63) is 23.9 Å². The average molecular weight is 262 g/mol. The zero-order valence-corrected chi connectivity index (χ0v) is 11.4. The number of nitrogens with one attached hydrogen (secondary N) is 1. The number of nitrogens with zero attached hydrogens (tertiary/aromatic N) is 2. The number of hydrogen-bond acceptors (Lipinski definition) is 4.